The van der Waals surface area contributed by atoms with Gasteiger partial charge in [0.25, 0.3) is 0 Å². The first-order valence-electron chi connectivity index (χ1n) is 5.38. The summed E-state index contributed by atoms with van der Waals surface area (Å²) in [5, 5.41) is 0. The fourth-order valence-corrected chi connectivity index (χ4v) is 1.59. The molecule has 0 unspecified atom stereocenters. The van der Waals surface area contributed by atoms with E-state index < -0.39 is 5.97 Å². The van der Waals surface area contributed by atoms with Crippen LogP contribution in [0.25, 0.3) is 0 Å². The zero-order chi connectivity index (χ0) is 13.4. The van der Waals surface area contributed by atoms with Crippen molar-refractivity contribution in [2.24, 2.45) is 0 Å². The molecule has 0 atom stereocenters. The maximum absolute atomic E-state index is 11.0. The van der Waals surface area contributed by atoms with Gasteiger partial charge in [-0.3, -0.25) is 4.79 Å². The number of aldehydes is 1. The molecule has 4 nitrogen and oxygen atoms in total. The molecule has 1 aromatic rings. The summed E-state index contributed by atoms with van der Waals surface area (Å²) in [4.78, 5) is 21.8. The fraction of sp³-hybridized carbons (Fsp3) is 0.231. The first-order valence-corrected chi connectivity index (χ1v) is 6.17. The van der Waals surface area contributed by atoms with Gasteiger partial charge in [-0.15, -0.1) is 0 Å². The van der Waals surface area contributed by atoms with Gasteiger partial charge in [0.1, 0.15) is 12.4 Å². The smallest absolute Gasteiger partial charge is 0.330 e. The summed E-state index contributed by atoms with van der Waals surface area (Å²) in [6.45, 7) is 2.27. The monoisotopic (exact) mass is 312 g/mol. The highest BCUT2D eigenvalue weighted by Gasteiger charge is 2.02. The van der Waals surface area contributed by atoms with E-state index in [9.17, 15) is 9.59 Å². The lowest BCUT2D eigenvalue weighted by molar-refractivity contribution is -0.137. The standard InChI is InChI=1S/C13H13BrO4/c1-2-17-13(16)4-3-7-18-12-6-5-11(14)8-10(12)9-15/h3-6,8-9H,2,7H2,1H3/b4-3+. The normalized spacial score (nSPS) is 10.3. The van der Waals surface area contributed by atoms with E-state index in [1.54, 1.807) is 25.1 Å². The van der Waals surface area contributed by atoms with Crippen LogP contribution in [0, 0.1) is 0 Å². The number of carbonyl (C=O) groups excluding carboxylic acids is 2. The summed E-state index contributed by atoms with van der Waals surface area (Å²) in [7, 11) is 0. The zero-order valence-corrected chi connectivity index (χ0v) is 11.5. The number of hydrogen-bond acceptors (Lipinski definition) is 4. The molecule has 0 aliphatic heterocycles. The Balaban J connectivity index is 2.53. The summed E-state index contributed by atoms with van der Waals surface area (Å²) in [5.74, 6) is 0.0641. The Morgan fingerprint density at radius 1 is 1.44 bits per heavy atom. The molecular formula is C13H13BrO4. The molecule has 0 amide bonds. The van der Waals surface area contributed by atoms with Crippen LogP contribution in [0.5, 0.6) is 5.75 Å². The van der Waals surface area contributed by atoms with Gasteiger partial charge in [0.05, 0.1) is 12.2 Å². The van der Waals surface area contributed by atoms with Gasteiger partial charge in [-0.25, -0.2) is 4.79 Å². The van der Waals surface area contributed by atoms with Crippen LogP contribution < -0.4 is 4.74 Å². The fourth-order valence-electron chi connectivity index (χ4n) is 1.22. The maximum atomic E-state index is 11.0. The highest BCUT2D eigenvalue weighted by molar-refractivity contribution is 9.10. The molecule has 5 heteroatoms. The summed E-state index contributed by atoms with van der Waals surface area (Å²) in [6, 6.07) is 5.13. The molecule has 0 aliphatic carbocycles. The van der Waals surface area contributed by atoms with Crippen molar-refractivity contribution in [3.05, 3.63) is 40.4 Å². The minimum atomic E-state index is -0.410. The van der Waals surface area contributed by atoms with Crippen LogP contribution in [0.4, 0.5) is 0 Å². The second-order valence-electron chi connectivity index (χ2n) is 3.27. The molecule has 0 aromatic heterocycles. The predicted octanol–water partition coefficient (Wildman–Crippen LogP) is 2.76. The van der Waals surface area contributed by atoms with E-state index in [0.29, 0.717) is 17.9 Å². The van der Waals surface area contributed by atoms with Crippen LogP contribution in [0.15, 0.2) is 34.8 Å². The molecule has 0 saturated heterocycles. The van der Waals surface area contributed by atoms with Gasteiger partial charge in [0, 0.05) is 10.5 Å². The lowest BCUT2D eigenvalue weighted by Crippen LogP contribution is -2.01. The maximum Gasteiger partial charge on any atom is 0.330 e. The number of rotatable bonds is 6. The molecule has 0 saturated carbocycles. The first kappa shape index (κ1) is 14.4. The van der Waals surface area contributed by atoms with E-state index in [-0.39, 0.29) is 6.61 Å². The van der Waals surface area contributed by atoms with Crippen molar-refractivity contribution in [1.82, 2.24) is 0 Å². The Hall–Kier alpha value is -1.62. The van der Waals surface area contributed by atoms with Gasteiger partial charge in [-0.1, -0.05) is 15.9 Å². The molecule has 0 bridgehead atoms. The van der Waals surface area contributed by atoms with Gasteiger partial charge in [-0.2, -0.15) is 0 Å². The van der Waals surface area contributed by atoms with E-state index in [1.165, 1.54) is 12.2 Å². The van der Waals surface area contributed by atoms with E-state index in [2.05, 4.69) is 15.9 Å². The summed E-state index contributed by atoms with van der Waals surface area (Å²) in [5.41, 5.74) is 0.453. The highest BCUT2D eigenvalue weighted by Crippen LogP contribution is 2.21. The predicted molar refractivity (Wildman–Crippen MR) is 70.8 cm³/mol. The number of halogens is 1. The number of ether oxygens (including phenoxy) is 2. The molecule has 0 spiro atoms. The van der Waals surface area contributed by atoms with Crippen molar-refractivity contribution < 1.29 is 19.1 Å². The molecule has 0 radical (unpaired) electrons. The van der Waals surface area contributed by atoms with Crippen molar-refractivity contribution in [1.29, 1.82) is 0 Å². The van der Waals surface area contributed by atoms with Crippen molar-refractivity contribution in [2.45, 2.75) is 6.92 Å². The molecule has 0 fully saturated rings. The van der Waals surface area contributed by atoms with Crippen molar-refractivity contribution in [3.8, 4) is 5.75 Å². The van der Waals surface area contributed by atoms with Gasteiger partial charge < -0.3 is 9.47 Å². The topological polar surface area (TPSA) is 52.6 Å². The number of benzene rings is 1. The first-order chi connectivity index (χ1) is 8.67. The summed E-state index contributed by atoms with van der Waals surface area (Å²) >= 11 is 3.27. The van der Waals surface area contributed by atoms with Crippen LogP contribution in [-0.4, -0.2) is 25.5 Å². The Morgan fingerprint density at radius 2 is 2.22 bits per heavy atom. The van der Waals surface area contributed by atoms with Crippen LogP contribution >= 0.6 is 15.9 Å². The van der Waals surface area contributed by atoms with E-state index in [4.69, 9.17) is 9.47 Å². The van der Waals surface area contributed by atoms with Crippen LogP contribution in [0.2, 0.25) is 0 Å². The Morgan fingerprint density at radius 3 is 2.89 bits per heavy atom. The van der Waals surface area contributed by atoms with Gasteiger partial charge in [-0.05, 0) is 31.2 Å². The Bertz CT molecular complexity index is 454. The van der Waals surface area contributed by atoms with Gasteiger partial charge >= 0.3 is 5.97 Å². The molecule has 18 heavy (non-hydrogen) atoms. The molecule has 96 valence electrons. The molecule has 1 rings (SSSR count). The summed E-state index contributed by atoms with van der Waals surface area (Å²) in [6.07, 6.45) is 3.55. The quantitative estimate of drug-likeness (QED) is 0.460. The molecule has 0 heterocycles. The SMILES string of the molecule is CCOC(=O)/C=C/COc1ccc(Br)cc1C=O. The average molecular weight is 313 g/mol. The van der Waals surface area contributed by atoms with Gasteiger partial charge in [0.2, 0.25) is 0 Å². The van der Waals surface area contributed by atoms with Gasteiger partial charge in [0.15, 0.2) is 6.29 Å². The molecular weight excluding hydrogens is 300 g/mol. The second kappa shape index (κ2) is 7.66. The van der Waals surface area contributed by atoms with Crippen LogP contribution in [-0.2, 0) is 9.53 Å². The Labute approximate surface area is 114 Å². The number of carbonyl (C=O) groups is 2. The van der Waals surface area contributed by atoms with Crippen molar-refractivity contribution in [3.63, 3.8) is 0 Å². The Kier molecular flexibility index (Phi) is 6.14. The second-order valence-corrected chi connectivity index (χ2v) is 4.18. The minimum Gasteiger partial charge on any atom is -0.489 e. The van der Waals surface area contributed by atoms with Crippen LogP contribution in [0.3, 0.4) is 0 Å². The summed E-state index contributed by atoms with van der Waals surface area (Å²) < 4.78 is 10.9. The van der Waals surface area contributed by atoms with E-state index >= 15 is 0 Å². The van der Waals surface area contributed by atoms with E-state index in [1.807, 2.05) is 0 Å². The number of hydrogen-bond donors (Lipinski definition) is 0. The minimum absolute atomic E-state index is 0.196. The van der Waals surface area contributed by atoms with Crippen LogP contribution in [0.1, 0.15) is 17.3 Å². The lowest BCUT2D eigenvalue weighted by Gasteiger charge is -2.06. The third-order valence-electron chi connectivity index (χ3n) is 1.97. The largest absolute Gasteiger partial charge is 0.489 e. The molecule has 0 N–H and O–H groups in total. The zero-order valence-electron chi connectivity index (χ0n) is 9.89. The molecule has 0 aliphatic rings. The lowest BCUT2D eigenvalue weighted by atomic mass is 10.2. The van der Waals surface area contributed by atoms with Crippen molar-refractivity contribution in [2.75, 3.05) is 13.2 Å². The van der Waals surface area contributed by atoms with E-state index in [0.717, 1.165) is 10.8 Å². The third-order valence-corrected chi connectivity index (χ3v) is 2.47. The third kappa shape index (κ3) is 4.71. The highest BCUT2D eigenvalue weighted by atomic mass is 79.9. The average Bonchev–Trinajstić information content (AvgIpc) is 2.36. The number of esters is 1. The molecule has 1 aromatic carbocycles. The van der Waals surface area contributed by atoms with Crippen molar-refractivity contribution >= 4 is 28.2 Å².